The minimum Gasteiger partial charge on any atom is -0.507 e. The van der Waals surface area contributed by atoms with Gasteiger partial charge in [-0.25, -0.2) is 4.98 Å². The average Bonchev–Trinajstić information content (AvgIpc) is 3.66. The van der Waals surface area contributed by atoms with Crippen LogP contribution in [-0.2, 0) is 5.41 Å². The molecule has 270 valence electrons. The Kier molecular flexibility index (Phi) is 8.01. The van der Waals surface area contributed by atoms with Crippen LogP contribution in [0.4, 0.5) is 0 Å². The van der Waals surface area contributed by atoms with Crippen molar-refractivity contribution in [1.29, 1.82) is 0 Å². The van der Waals surface area contributed by atoms with Gasteiger partial charge in [-0.05, 0) is 106 Å². The van der Waals surface area contributed by atoms with Crippen LogP contribution in [0.1, 0.15) is 34.7 Å². The standard InChI is InChI=1S/C52H41N3O/c1-35-31-40(33-41(32-35)47-34-39(29-30-53-47)38-21-25-43(26-22-38)52(2,3)42-15-8-5-9-16-42)45-18-12-19-48-50(45)54-51(46-17-10-11-20-49(46)56)55(48)44-27-23-37(24-28-44)36-13-6-4-7-14-36/h4-34,56H,1-3H3/i1D3. The van der Waals surface area contributed by atoms with Gasteiger partial charge < -0.3 is 5.11 Å². The number of hydrogen-bond donors (Lipinski definition) is 1. The zero-order chi connectivity index (χ0) is 40.7. The van der Waals surface area contributed by atoms with Gasteiger partial charge in [-0.15, -0.1) is 0 Å². The molecule has 0 spiro atoms. The second kappa shape index (κ2) is 14.3. The van der Waals surface area contributed by atoms with Crippen LogP contribution in [0.25, 0.3) is 72.7 Å². The van der Waals surface area contributed by atoms with Gasteiger partial charge in [0.2, 0.25) is 0 Å². The Hall–Kier alpha value is -7.04. The number of hydrogen-bond acceptors (Lipinski definition) is 3. The van der Waals surface area contributed by atoms with Crippen LogP contribution in [0.3, 0.4) is 0 Å². The summed E-state index contributed by atoms with van der Waals surface area (Å²) in [5, 5.41) is 11.1. The normalized spacial score (nSPS) is 12.6. The van der Waals surface area contributed by atoms with Crippen LogP contribution in [0, 0.1) is 6.85 Å². The van der Waals surface area contributed by atoms with E-state index in [0.717, 1.165) is 39.0 Å². The Morgan fingerprint density at radius 2 is 1.16 bits per heavy atom. The number of phenolic OH excluding ortho intramolecular Hbond substituents is 1. The lowest BCUT2D eigenvalue weighted by atomic mass is 9.78. The SMILES string of the molecule is [2H]C([2H])([2H])c1cc(-c2cc(-c3ccc(C(C)(C)c4ccccc4)cc3)ccn2)cc(-c2cccc3c2nc(-c2ccccc2O)n3-c2ccc(-c3ccccc3)cc2)c1. The maximum atomic E-state index is 11.1. The molecule has 2 aromatic heterocycles. The van der Waals surface area contributed by atoms with E-state index in [1.807, 2.05) is 72.8 Å². The quantitative estimate of drug-likeness (QED) is 0.170. The van der Waals surface area contributed by atoms with Crippen LogP contribution in [0.15, 0.2) is 188 Å². The van der Waals surface area contributed by atoms with Crippen molar-refractivity contribution in [2.24, 2.45) is 0 Å². The van der Waals surface area contributed by atoms with Gasteiger partial charge in [0.25, 0.3) is 0 Å². The van der Waals surface area contributed by atoms with Crippen LogP contribution >= 0.6 is 0 Å². The summed E-state index contributed by atoms with van der Waals surface area (Å²) in [6.45, 7) is 2.09. The molecule has 0 aliphatic carbocycles. The number of aromatic hydroxyl groups is 1. The summed E-state index contributed by atoms with van der Waals surface area (Å²) in [6, 6.07) is 60.2. The highest BCUT2D eigenvalue weighted by molar-refractivity contribution is 5.96. The Morgan fingerprint density at radius 1 is 0.536 bits per heavy atom. The van der Waals surface area contributed by atoms with Crippen molar-refractivity contribution in [3.8, 4) is 67.5 Å². The number of fused-ring (bicyclic) bond motifs is 1. The van der Waals surface area contributed by atoms with Gasteiger partial charge in [0.1, 0.15) is 11.6 Å². The van der Waals surface area contributed by atoms with E-state index < -0.39 is 6.85 Å². The Bertz CT molecular complexity index is 2940. The molecule has 9 rings (SSSR count). The van der Waals surface area contributed by atoms with Crippen molar-refractivity contribution in [3.05, 3.63) is 205 Å². The maximum absolute atomic E-state index is 11.1. The second-order valence-corrected chi connectivity index (χ2v) is 14.7. The van der Waals surface area contributed by atoms with Gasteiger partial charge in [0.05, 0.1) is 22.3 Å². The van der Waals surface area contributed by atoms with Crippen LogP contribution < -0.4 is 0 Å². The molecule has 9 aromatic rings. The average molecular weight is 727 g/mol. The third-order valence-corrected chi connectivity index (χ3v) is 10.8. The molecule has 0 saturated carbocycles. The Balaban J connectivity index is 1.15. The molecular weight excluding hydrogens is 683 g/mol. The zero-order valence-corrected chi connectivity index (χ0v) is 31.2. The number of phenols is 1. The van der Waals surface area contributed by atoms with E-state index in [-0.39, 0.29) is 16.7 Å². The molecule has 0 atom stereocenters. The van der Waals surface area contributed by atoms with Crippen LogP contribution in [-0.4, -0.2) is 19.6 Å². The lowest BCUT2D eigenvalue weighted by Gasteiger charge is -2.26. The number of rotatable bonds is 8. The topological polar surface area (TPSA) is 50.9 Å². The summed E-state index contributed by atoms with van der Waals surface area (Å²) in [4.78, 5) is 9.97. The Labute approximate surface area is 332 Å². The van der Waals surface area contributed by atoms with Gasteiger partial charge in [-0.3, -0.25) is 9.55 Å². The van der Waals surface area contributed by atoms with E-state index in [1.54, 1.807) is 30.5 Å². The molecule has 0 aliphatic rings. The van der Waals surface area contributed by atoms with Gasteiger partial charge in [0.15, 0.2) is 0 Å². The monoisotopic (exact) mass is 726 g/mol. The predicted molar refractivity (Wildman–Crippen MR) is 231 cm³/mol. The number of benzene rings is 7. The largest absolute Gasteiger partial charge is 0.507 e. The van der Waals surface area contributed by atoms with Gasteiger partial charge in [-0.1, -0.05) is 141 Å². The second-order valence-electron chi connectivity index (χ2n) is 14.7. The molecule has 7 aromatic carbocycles. The molecule has 0 saturated heterocycles. The lowest BCUT2D eigenvalue weighted by molar-refractivity contribution is 0.477. The van der Waals surface area contributed by atoms with E-state index in [0.29, 0.717) is 33.7 Å². The third kappa shape index (κ3) is 6.46. The fourth-order valence-electron chi connectivity index (χ4n) is 7.67. The molecule has 4 nitrogen and oxygen atoms in total. The fourth-order valence-corrected chi connectivity index (χ4v) is 7.67. The maximum Gasteiger partial charge on any atom is 0.149 e. The van der Waals surface area contributed by atoms with E-state index in [4.69, 9.17) is 14.1 Å². The molecule has 0 amide bonds. The van der Waals surface area contributed by atoms with Gasteiger partial charge in [-0.2, -0.15) is 0 Å². The number of imidazole rings is 1. The first-order valence-electron chi connectivity index (χ1n) is 20.3. The summed E-state index contributed by atoms with van der Waals surface area (Å²) in [5.74, 6) is 0.677. The van der Waals surface area contributed by atoms with Gasteiger partial charge in [0, 0.05) is 32.5 Å². The van der Waals surface area contributed by atoms with Crippen molar-refractivity contribution >= 4 is 11.0 Å². The highest BCUT2D eigenvalue weighted by Crippen LogP contribution is 2.39. The summed E-state index contributed by atoms with van der Waals surface area (Å²) in [7, 11) is 0. The summed E-state index contributed by atoms with van der Waals surface area (Å²) in [5.41, 5.74) is 12.5. The van der Waals surface area contributed by atoms with Gasteiger partial charge >= 0.3 is 0 Å². The third-order valence-electron chi connectivity index (χ3n) is 10.8. The molecular formula is C52H41N3O. The van der Waals surface area contributed by atoms with E-state index in [9.17, 15) is 5.11 Å². The van der Waals surface area contributed by atoms with Crippen molar-refractivity contribution in [2.45, 2.75) is 26.1 Å². The molecule has 1 N–H and O–H groups in total. The highest BCUT2D eigenvalue weighted by atomic mass is 16.3. The Morgan fingerprint density at radius 3 is 1.91 bits per heavy atom. The molecule has 0 aliphatic heterocycles. The molecule has 2 heterocycles. The number of aromatic nitrogens is 3. The smallest absolute Gasteiger partial charge is 0.149 e. The van der Waals surface area contributed by atoms with E-state index in [1.165, 1.54) is 11.1 Å². The lowest BCUT2D eigenvalue weighted by Crippen LogP contribution is -2.18. The first-order chi connectivity index (χ1) is 28.5. The first kappa shape index (κ1) is 31.3. The summed E-state index contributed by atoms with van der Waals surface area (Å²) >= 11 is 0. The molecule has 0 radical (unpaired) electrons. The van der Waals surface area contributed by atoms with Crippen molar-refractivity contribution in [2.75, 3.05) is 0 Å². The molecule has 56 heavy (non-hydrogen) atoms. The van der Waals surface area contributed by atoms with E-state index >= 15 is 0 Å². The molecule has 4 heteroatoms. The van der Waals surface area contributed by atoms with Crippen molar-refractivity contribution in [1.82, 2.24) is 14.5 Å². The van der Waals surface area contributed by atoms with Crippen molar-refractivity contribution < 1.29 is 9.22 Å². The highest BCUT2D eigenvalue weighted by Gasteiger charge is 2.23. The number of pyridine rings is 1. The minimum absolute atomic E-state index is 0.110. The number of para-hydroxylation sites is 2. The summed E-state index contributed by atoms with van der Waals surface area (Å²) < 4.78 is 27.5. The summed E-state index contributed by atoms with van der Waals surface area (Å²) in [6.07, 6.45) is 1.78. The molecule has 0 fully saturated rings. The minimum atomic E-state index is -2.38. The number of nitrogens with zero attached hydrogens (tertiary/aromatic N) is 3. The molecule has 0 bridgehead atoms. The predicted octanol–water partition coefficient (Wildman–Crippen LogP) is 13.1. The fraction of sp³-hybridized carbons (Fsp3) is 0.0769. The zero-order valence-electron chi connectivity index (χ0n) is 34.2. The molecule has 0 unspecified atom stereocenters. The van der Waals surface area contributed by atoms with Crippen LogP contribution in [0.2, 0.25) is 0 Å². The van der Waals surface area contributed by atoms with E-state index in [2.05, 4.69) is 103 Å². The van der Waals surface area contributed by atoms with Crippen molar-refractivity contribution in [3.63, 3.8) is 0 Å². The van der Waals surface area contributed by atoms with Crippen LogP contribution in [0.5, 0.6) is 5.75 Å². The first-order valence-corrected chi connectivity index (χ1v) is 18.8. The number of aryl methyl sites for hydroxylation is 1.